The average molecular weight is 406 g/mol. The molecule has 3 aromatic rings. The number of rotatable bonds is 8. The van der Waals surface area contributed by atoms with E-state index in [1.807, 2.05) is 62.4 Å². The first kappa shape index (κ1) is 21.0. The summed E-state index contributed by atoms with van der Waals surface area (Å²) < 4.78 is 5.47. The van der Waals surface area contributed by atoms with Crippen molar-refractivity contribution in [1.29, 1.82) is 0 Å². The molecule has 4 heteroatoms. The monoisotopic (exact) mass is 405 g/mol. The van der Waals surface area contributed by atoms with Gasteiger partial charge in [0.15, 0.2) is 0 Å². The zero-order valence-corrected chi connectivity index (χ0v) is 18.0. The van der Waals surface area contributed by atoms with Crippen LogP contribution in [0.15, 0.2) is 77.7 Å². The van der Waals surface area contributed by atoms with Crippen LogP contribution in [0.5, 0.6) is 5.75 Å². The Hall–Kier alpha value is -2.72. The van der Waals surface area contributed by atoms with Gasteiger partial charge in [-0.2, -0.15) is 0 Å². The maximum absolute atomic E-state index is 12.6. The minimum absolute atomic E-state index is 0.0656. The highest BCUT2D eigenvalue weighted by atomic mass is 32.2. The fourth-order valence-electron chi connectivity index (χ4n) is 2.94. The molecular formula is C25H27NO2S. The van der Waals surface area contributed by atoms with Crippen LogP contribution in [-0.4, -0.2) is 12.5 Å². The lowest BCUT2D eigenvalue weighted by molar-refractivity contribution is 0.0940. The van der Waals surface area contributed by atoms with Gasteiger partial charge in [0.25, 0.3) is 5.91 Å². The molecule has 1 N–H and O–H groups in total. The zero-order chi connectivity index (χ0) is 20.6. The number of benzene rings is 3. The Morgan fingerprint density at radius 1 is 0.966 bits per heavy atom. The molecule has 0 aliphatic carbocycles. The first-order valence-electron chi connectivity index (χ1n) is 9.87. The standard InChI is InChI=1S/C25H27NO2S/c1-4-28-23-13-11-21(12-14-23)19(3)26-25(27)22-9-7-20(8-10-22)17-29-24-15-5-18(2)6-16-24/h5-16,19H,4,17H2,1-3H3,(H,26,27)/t19-/m1/s1. The van der Waals surface area contributed by atoms with Crippen LogP contribution >= 0.6 is 11.8 Å². The van der Waals surface area contributed by atoms with Crippen molar-refractivity contribution in [3.8, 4) is 5.75 Å². The van der Waals surface area contributed by atoms with Crippen molar-refractivity contribution in [3.05, 3.63) is 95.1 Å². The number of thioether (sulfide) groups is 1. The summed E-state index contributed by atoms with van der Waals surface area (Å²) in [7, 11) is 0. The molecule has 0 spiro atoms. The highest BCUT2D eigenvalue weighted by Crippen LogP contribution is 2.23. The maximum Gasteiger partial charge on any atom is 0.251 e. The van der Waals surface area contributed by atoms with E-state index < -0.39 is 0 Å². The Bertz CT molecular complexity index is 919. The Labute approximate surface area is 177 Å². The molecule has 0 radical (unpaired) electrons. The molecule has 0 saturated carbocycles. The summed E-state index contributed by atoms with van der Waals surface area (Å²) in [6.07, 6.45) is 0. The molecule has 0 aliphatic heterocycles. The molecule has 0 fully saturated rings. The molecule has 1 amide bonds. The number of hydrogen-bond donors (Lipinski definition) is 1. The van der Waals surface area contributed by atoms with E-state index in [4.69, 9.17) is 4.74 Å². The number of carbonyl (C=O) groups is 1. The Balaban J connectivity index is 1.54. The second kappa shape index (κ2) is 10.2. The largest absolute Gasteiger partial charge is 0.494 e. The molecule has 1 atom stereocenters. The van der Waals surface area contributed by atoms with Gasteiger partial charge in [0.2, 0.25) is 0 Å². The van der Waals surface area contributed by atoms with Crippen LogP contribution in [0.3, 0.4) is 0 Å². The molecule has 3 nitrogen and oxygen atoms in total. The maximum atomic E-state index is 12.6. The summed E-state index contributed by atoms with van der Waals surface area (Å²) in [5, 5.41) is 3.06. The van der Waals surface area contributed by atoms with Gasteiger partial charge >= 0.3 is 0 Å². The number of nitrogens with one attached hydrogen (secondary N) is 1. The van der Waals surface area contributed by atoms with Gasteiger partial charge in [0.1, 0.15) is 5.75 Å². The van der Waals surface area contributed by atoms with E-state index in [2.05, 4.69) is 36.5 Å². The summed E-state index contributed by atoms with van der Waals surface area (Å²) >= 11 is 1.80. The number of amides is 1. The SMILES string of the molecule is CCOc1ccc([C@@H](C)NC(=O)c2ccc(CSc3ccc(C)cc3)cc2)cc1. The van der Waals surface area contributed by atoms with Gasteiger partial charge in [0, 0.05) is 16.2 Å². The summed E-state index contributed by atoms with van der Waals surface area (Å²) in [6.45, 7) is 6.68. The van der Waals surface area contributed by atoms with Crippen molar-refractivity contribution in [2.24, 2.45) is 0 Å². The number of ether oxygens (including phenoxy) is 1. The third-order valence-corrected chi connectivity index (χ3v) is 5.76. The van der Waals surface area contributed by atoms with Crippen molar-refractivity contribution >= 4 is 17.7 Å². The second-order valence-corrected chi connectivity index (χ2v) is 8.04. The molecule has 0 aliphatic rings. The molecule has 3 rings (SSSR count). The lowest BCUT2D eigenvalue weighted by atomic mass is 10.1. The van der Waals surface area contributed by atoms with Gasteiger partial charge in [-0.25, -0.2) is 0 Å². The van der Waals surface area contributed by atoms with E-state index >= 15 is 0 Å². The fourth-order valence-corrected chi connectivity index (χ4v) is 3.79. The van der Waals surface area contributed by atoms with Crippen LogP contribution in [0.25, 0.3) is 0 Å². The van der Waals surface area contributed by atoms with Gasteiger partial charge in [-0.05, 0) is 68.3 Å². The zero-order valence-electron chi connectivity index (χ0n) is 17.1. The Morgan fingerprint density at radius 3 is 2.24 bits per heavy atom. The number of aryl methyl sites for hydroxylation is 1. The topological polar surface area (TPSA) is 38.3 Å². The van der Waals surface area contributed by atoms with Crippen LogP contribution < -0.4 is 10.1 Å². The van der Waals surface area contributed by atoms with Crippen LogP contribution in [0.4, 0.5) is 0 Å². The molecule has 29 heavy (non-hydrogen) atoms. The van der Waals surface area contributed by atoms with E-state index in [0.717, 1.165) is 17.1 Å². The van der Waals surface area contributed by atoms with Crippen molar-refractivity contribution < 1.29 is 9.53 Å². The first-order chi connectivity index (χ1) is 14.0. The summed E-state index contributed by atoms with van der Waals surface area (Å²) in [5.74, 6) is 1.66. The third kappa shape index (κ3) is 6.13. The molecule has 0 unspecified atom stereocenters. The molecule has 0 heterocycles. The summed E-state index contributed by atoms with van der Waals surface area (Å²) in [4.78, 5) is 13.8. The second-order valence-electron chi connectivity index (χ2n) is 7.00. The third-order valence-electron chi connectivity index (χ3n) is 4.68. The van der Waals surface area contributed by atoms with Gasteiger partial charge in [0.05, 0.1) is 12.6 Å². The normalized spacial score (nSPS) is 11.7. The minimum Gasteiger partial charge on any atom is -0.494 e. The van der Waals surface area contributed by atoms with Gasteiger partial charge in [-0.15, -0.1) is 11.8 Å². The molecule has 0 saturated heterocycles. The van der Waals surface area contributed by atoms with Gasteiger partial charge in [-0.1, -0.05) is 42.0 Å². The highest BCUT2D eigenvalue weighted by molar-refractivity contribution is 7.98. The lowest BCUT2D eigenvalue weighted by Gasteiger charge is -2.15. The summed E-state index contributed by atoms with van der Waals surface area (Å²) in [5.41, 5.74) is 4.19. The molecule has 3 aromatic carbocycles. The number of hydrogen-bond acceptors (Lipinski definition) is 3. The van der Waals surface area contributed by atoms with Crippen molar-refractivity contribution in [3.63, 3.8) is 0 Å². The Kier molecular flexibility index (Phi) is 7.36. The predicted molar refractivity (Wildman–Crippen MR) is 121 cm³/mol. The first-order valence-corrected chi connectivity index (χ1v) is 10.9. The smallest absolute Gasteiger partial charge is 0.251 e. The van der Waals surface area contributed by atoms with E-state index in [-0.39, 0.29) is 11.9 Å². The van der Waals surface area contributed by atoms with Crippen LogP contribution in [-0.2, 0) is 5.75 Å². The average Bonchev–Trinajstić information content (AvgIpc) is 2.74. The van der Waals surface area contributed by atoms with E-state index in [1.165, 1.54) is 16.0 Å². The quantitative estimate of drug-likeness (QED) is 0.455. The van der Waals surface area contributed by atoms with Crippen LogP contribution in [0.1, 0.15) is 46.9 Å². The lowest BCUT2D eigenvalue weighted by Crippen LogP contribution is -2.26. The number of carbonyl (C=O) groups excluding carboxylic acids is 1. The van der Waals surface area contributed by atoms with Crippen molar-refractivity contribution in [1.82, 2.24) is 5.32 Å². The van der Waals surface area contributed by atoms with Gasteiger partial charge < -0.3 is 10.1 Å². The summed E-state index contributed by atoms with van der Waals surface area (Å²) in [6, 6.07) is 24.1. The van der Waals surface area contributed by atoms with Gasteiger partial charge in [-0.3, -0.25) is 4.79 Å². The molecule has 150 valence electrons. The van der Waals surface area contributed by atoms with Crippen molar-refractivity contribution in [2.75, 3.05) is 6.61 Å². The van der Waals surface area contributed by atoms with E-state index in [1.54, 1.807) is 11.8 Å². The molecule has 0 aromatic heterocycles. The minimum atomic E-state index is -0.0741. The van der Waals surface area contributed by atoms with E-state index in [0.29, 0.717) is 12.2 Å². The van der Waals surface area contributed by atoms with Crippen LogP contribution in [0, 0.1) is 6.92 Å². The van der Waals surface area contributed by atoms with Crippen LogP contribution in [0.2, 0.25) is 0 Å². The molecule has 0 bridgehead atoms. The molecular weight excluding hydrogens is 378 g/mol. The highest BCUT2D eigenvalue weighted by Gasteiger charge is 2.11. The van der Waals surface area contributed by atoms with E-state index in [9.17, 15) is 4.79 Å². The Morgan fingerprint density at radius 2 is 1.62 bits per heavy atom. The fraction of sp³-hybridized carbons (Fsp3) is 0.240. The van der Waals surface area contributed by atoms with Crippen molar-refractivity contribution in [2.45, 2.75) is 37.5 Å². The predicted octanol–water partition coefficient (Wildman–Crippen LogP) is 6.18.